The van der Waals surface area contributed by atoms with Crippen molar-refractivity contribution in [1.82, 2.24) is 4.90 Å². The predicted molar refractivity (Wildman–Crippen MR) is 77.5 cm³/mol. The van der Waals surface area contributed by atoms with Gasteiger partial charge in [-0.15, -0.1) is 0 Å². The molecule has 0 spiro atoms. The van der Waals surface area contributed by atoms with Crippen LogP contribution in [0.1, 0.15) is 26.7 Å². The van der Waals surface area contributed by atoms with Gasteiger partial charge in [-0.25, -0.2) is 0 Å². The molecule has 20 heavy (non-hydrogen) atoms. The Balaban J connectivity index is 1.62. The molecule has 0 unspecified atom stereocenters. The van der Waals surface area contributed by atoms with Crippen LogP contribution in [0, 0.1) is 5.92 Å². The smallest absolute Gasteiger partial charge is 0.222 e. The molecule has 0 aliphatic carbocycles. The van der Waals surface area contributed by atoms with Crippen molar-refractivity contribution in [1.29, 1.82) is 0 Å². The van der Waals surface area contributed by atoms with Gasteiger partial charge in [-0.3, -0.25) is 4.79 Å². The molecule has 110 valence electrons. The van der Waals surface area contributed by atoms with E-state index in [2.05, 4.69) is 0 Å². The lowest BCUT2D eigenvalue weighted by atomic mass is 9.83. The van der Waals surface area contributed by atoms with Gasteiger partial charge in [0.05, 0.1) is 19.7 Å². The molecule has 1 aliphatic heterocycles. The van der Waals surface area contributed by atoms with Crippen molar-refractivity contribution < 1.29 is 14.6 Å². The summed E-state index contributed by atoms with van der Waals surface area (Å²) >= 11 is 0. The Bertz CT molecular complexity index is 438. The maximum Gasteiger partial charge on any atom is 0.222 e. The fourth-order valence-corrected chi connectivity index (χ4v) is 2.24. The van der Waals surface area contributed by atoms with E-state index in [4.69, 9.17) is 4.74 Å². The molecule has 4 heteroatoms. The average Bonchev–Trinajstić information content (AvgIpc) is 2.40. The first kappa shape index (κ1) is 14.9. The number of nitrogens with zero attached hydrogens (tertiary/aromatic N) is 1. The van der Waals surface area contributed by atoms with E-state index in [1.54, 1.807) is 4.90 Å². The highest BCUT2D eigenvalue weighted by molar-refractivity contribution is 5.77. The molecule has 1 aromatic rings. The molecule has 0 atom stereocenters. The molecule has 1 saturated heterocycles. The molecule has 0 saturated carbocycles. The molecule has 1 fully saturated rings. The van der Waals surface area contributed by atoms with E-state index in [9.17, 15) is 9.90 Å². The van der Waals surface area contributed by atoms with Gasteiger partial charge < -0.3 is 14.7 Å². The highest BCUT2D eigenvalue weighted by Gasteiger charge is 2.45. The minimum Gasteiger partial charge on any atom is -0.494 e. The van der Waals surface area contributed by atoms with Crippen molar-refractivity contribution in [2.75, 3.05) is 19.7 Å². The van der Waals surface area contributed by atoms with E-state index in [0.29, 0.717) is 32.5 Å². The number of hydrogen-bond donors (Lipinski definition) is 1. The Kier molecular flexibility index (Phi) is 4.65. The van der Waals surface area contributed by atoms with Crippen molar-refractivity contribution in [2.45, 2.75) is 32.3 Å². The van der Waals surface area contributed by atoms with Crippen molar-refractivity contribution in [3.05, 3.63) is 30.3 Å². The second kappa shape index (κ2) is 6.27. The van der Waals surface area contributed by atoms with Crippen molar-refractivity contribution >= 4 is 5.91 Å². The van der Waals surface area contributed by atoms with E-state index in [1.165, 1.54) is 0 Å². The zero-order valence-electron chi connectivity index (χ0n) is 12.2. The lowest BCUT2D eigenvalue weighted by Crippen LogP contribution is -2.65. The van der Waals surface area contributed by atoms with E-state index in [1.807, 2.05) is 44.2 Å². The van der Waals surface area contributed by atoms with E-state index < -0.39 is 5.60 Å². The molecule has 1 N–H and O–H groups in total. The first-order valence-electron chi connectivity index (χ1n) is 7.19. The molecule has 0 aromatic heterocycles. The van der Waals surface area contributed by atoms with Gasteiger partial charge >= 0.3 is 0 Å². The normalized spacial score (nSPS) is 16.9. The highest BCUT2D eigenvalue weighted by Crippen LogP contribution is 2.29. The Morgan fingerprint density at radius 3 is 2.60 bits per heavy atom. The third-order valence-corrected chi connectivity index (χ3v) is 3.90. The first-order valence-corrected chi connectivity index (χ1v) is 7.19. The fraction of sp³-hybridized carbons (Fsp3) is 0.562. The summed E-state index contributed by atoms with van der Waals surface area (Å²) in [4.78, 5) is 13.6. The zero-order valence-corrected chi connectivity index (χ0v) is 12.2. The topological polar surface area (TPSA) is 49.8 Å². The molecule has 0 bridgehead atoms. The van der Waals surface area contributed by atoms with E-state index in [-0.39, 0.29) is 11.8 Å². The Hall–Kier alpha value is -1.55. The molecular formula is C16H23NO3. The number of benzene rings is 1. The second-order valence-corrected chi connectivity index (χ2v) is 5.77. The maximum absolute atomic E-state index is 11.9. The standard InChI is InChI=1S/C16H23NO3/c1-13(2)16(19)11-17(12-16)15(18)9-6-10-20-14-7-4-3-5-8-14/h3-5,7-8,13,19H,6,9-12H2,1-2H3. The Morgan fingerprint density at radius 1 is 1.35 bits per heavy atom. The summed E-state index contributed by atoms with van der Waals surface area (Å²) < 4.78 is 5.55. The van der Waals surface area contributed by atoms with Crippen LogP contribution in [0.25, 0.3) is 0 Å². The lowest BCUT2D eigenvalue weighted by Gasteiger charge is -2.49. The van der Waals surface area contributed by atoms with Crippen LogP contribution >= 0.6 is 0 Å². The molecule has 1 amide bonds. The molecule has 2 rings (SSSR count). The number of β-amino-alcohol motifs (C(OH)–C–C–N with tert-alkyl or cyclic N) is 1. The number of aliphatic hydroxyl groups is 1. The van der Waals surface area contributed by atoms with Gasteiger partial charge in [0.25, 0.3) is 0 Å². The van der Waals surface area contributed by atoms with Crippen LogP contribution in [-0.2, 0) is 4.79 Å². The summed E-state index contributed by atoms with van der Waals surface area (Å²) in [5, 5.41) is 10.1. The Morgan fingerprint density at radius 2 is 2.00 bits per heavy atom. The van der Waals surface area contributed by atoms with Gasteiger partial charge in [-0.2, -0.15) is 0 Å². The second-order valence-electron chi connectivity index (χ2n) is 5.77. The Labute approximate surface area is 120 Å². The minimum absolute atomic E-state index is 0.104. The molecule has 0 radical (unpaired) electrons. The average molecular weight is 277 g/mol. The predicted octanol–water partition coefficient (Wildman–Crippen LogP) is 2.07. The van der Waals surface area contributed by atoms with Gasteiger partial charge in [0.15, 0.2) is 0 Å². The minimum atomic E-state index is -0.684. The van der Waals surface area contributed by atoms with Gasteiger partial charge in [-0.05, 0) is 24.5 Å². The van der Waals surface area contributed by atoms with Crippen molar-refractivity contribution in [3.8, 4) is 5.75 Å². The number of amides is 1. The zero-order chi connectivity index (χ0) is 14.6. The third-order valence-electron chi connectivity index (χ3n) is 3.90. The van der Waals surface area contributed by atoms with Crippen LogP contribution in [0.5, 0.6) is 5.75 Å². The van der Waals surface area contributed by atoms with Crippen LogP contribution in [0.15, 0.2) is 30.3 Å². The summed E-state index contributed by atoms with van der Waals surface area (Å²) in [6, 6.07) is 9.59. The van der Waals surface area contributed by atoms with Gasteiger partial charge in [0, 0.05) is 6.42 Å². The first-order chi connectivity index (χ1) is 9.51. The molecule has 1 aromatic carbocycles. The summed E-state index contributed by atoms with van der Waals surface area (Å²) in [5.74, 6) is 1.12. The maximum atomic E-state index is 11.9. The molecule has 4 nitrogen and oxygen atoms in total. The van der Waals surface area contributed by atoms with Crippen molar-refractivity contribution in [3.63, 3.8) is 0 Å². The highest BCUT2D eigenvalue weighted by atomic mass is 16.5. The fourth-order valence-electron chi connectivity index (χ4n) is 2.24. The van der Waals surface area contributed by atoms with Crippen LogP contribution in [0.3, 0.4) is 0 Å². The number of ether oxygens (including phenoxy) is 1. The number of likely N-dealkylation sites (tertiary alicyclic amines) is 1. The number of para-hydroxylation sites is 1. The van der Waals surface area contributed by atoms with E-state index in [0.717, 1.165) is 5.75 Å². The molecular weight excluding hydrogens is 254 g/mol. The third kappa shape index (κ3) is 3.51. The quantitative estimate of drug-likeness (QED) is 0.810. The molecule has 1 heterocycles. The van der Waals surface area contributed by atoms with Crippen LogP contribution in [0.4, 0.5) is 0 Å². The number of hydrogen-bond acceptors (Lipinski definition) is 3. The van der Waals surface area contributed by atoms with Crippen LogP contribution in [-0.4, -0.2) is 41.2 Å². The van der Waals surface area contributed by atoms with Crippen LogP contribution in [0.2, 0.25) is 0 Å². The number of carbonyl (C=O) groups is 1. The van der Waals surface area contributed by atoms with Gasteiger partial charge in [-0.1, -0.05) is 32.0 Å². The number of carbonyl (C=O) groups excluding carboxylic acids is 1. The number of rotatable bonds is 6. The summed E-state index contributed by atoms with van der Waals surface area (Å²) in [6.07, 6.45) is 1.17. The van der Waals surface area contributed by atoms with Gasteiger partial charge in [0.1, 0.15) is 11.4 Å². The molecule has 1 aliphatic rings. The summed E-state index contributed by atoms with van der Waals surface area (Å²) in [7, 11) is 0. The largest absolute Gasteiger partial charge is 0.494 e. The van der Waals surface area contributed by atoms with E-state index >= 15 is 0 Å². The monoisotopic (exact) mass is 277 g/mol. The van der Waals surface area contributed by atoms with Crippen molar-refractivity contribution in [2.24, 2.45) is 5.92 Å². The SMILES string of the molecule is CC(C)C1(O)CN(C(=O)CCCOc2ccccc2)C1. The summed E-state index contributed by atoms with van der Waals surface area (Å²) in [6.45, 7) is 5.43. The van der Waals surface area contributed by atoms with Gasteiger partial charge in [0.2, 0.25) is 5.91 Å². The van der Waals surface area contributed by atoms with Crippen LogP contribution < -0.4 is 4.74 Å². The summed E-state index contributed by atoms with van der Waals surface area (Å²) in [5.41, 5.74) is -0.684. The lowest BCUT2D eigenvalue weighted by molar-refractivity contribution is -0.163.